The average Bonchev–Trinajstić information content (AvgIpc) is 3.44. The number of rotatable bonds is 6. The Bertz CT molecular complexity index is 1190. The zero-order valence-corrected chi connectivity index (χ0v) is 20.1. The van der Waals surface area contributed by atoms with E-state index in [-0.39, 0.29) is 17.4 Å². The van der Waals surface area contributed by atoms with E-state index in [9.17, 15) is 13.2 Å². The molecular formula is C21H21NO7S3. The number of furan rings is 1. The van der Waals surface area contributed by atoms with Crippen molar-refractivity contribution in [3.05, 3.63) is 34.9 Å². The molecule has 1 unspecified atom stereocenters. The Balaban J connectivity index is 1.60. The third kappa shape index (κ3) is 4.24. The highest BCUT2D eigenvalue weighted by Gasteiger charge is 2.42. The van der Waals surface area contributed by atoms with Crippen LogP contribution in [0, 0.1) is 0 Å². The maximum Gasteiger partial charge on any atom is 0.266 e. The largest absolute Gasteiger partial charge is 0.493 e. The summed E-state index contributed by atoms with van der Waals surface area (Å²) in [5.41, 5.74) is 0.711. The van der Waals surface area contributed by atoms with Crippen LogP contribution in [0.15, 0.2) is 33.6 Å². The highest BCUT2D eigenvalue weighted by molar-refractivity contribution is 8.26. The number of thiocarbonyl (C=S) groups is 1. The van der Waals surface area contributed by atoms with Gasteiger partial charge in [0.05, 0.1) is 43.8 Å². The van der Waals surface area contributed by atoms with Crippen LogP contribution in [0.4, 0.5) is 0 Å². The van der Waals surface area contributed by atoms with Crippen LogP contribution in [0.1, 0.15) is 12.2 Å². The number of amides is 1. The smallest absolute Gasteiger partial charge is 0.266 e. The molecule has 32 heavy (non-hydrogen) atoms. The van der Waals surface area contributed by atoms with E-state index in [1.807, 2.05) is 0 Å². The summed E-state index contributed by atoms with van der Waals surface area (Å²) in [5.74, 6) is 2.19. The van der Waals surface area contributed by atoms with Crippen molar-refractivity contribution in [3.8, 4) is 28.6 Å². The summed E-state index contributed by atoms with van der Waals surface area (Å²) in [7, 11) is 1.47. The number of methoxy groups -OCH3 is 3. The summed E-state index contributed by atoms with van der Waals surface area (Å²) in [6.07, 6.45) is 2.01. The minimum Gasteiger partial charge on any atom is -0.493 e. The third-order valence-corrected chi connectivity index (χ3v) is 8.33. The first-order valence-corrected chi connectivity index (χ1v) is 12.7. The van der Waals surface area contributed by atoms with E-state index >= 15 is 0 Å². The molecule has 0 N–H and O–H groups in total. The molecule has 0 radical (unpaired) electrons. The summed E-state index contributed by atoms with van der Waals surface area (Å²) in [6, 6.07) is 6.64. The van der Waals surface area contributed by atoms with E-state index in [0.29, 0.717) is 50.0 Å². The Morgan fingerprint density at radius 2 is 1.84 bits per heavy atom. The lowest BCUT2D eigenvalue weighted by Gasteiger charge is -2.20. The number of sulfone groups is 1. The predicted molar refractivity (Wildman–Crippen MR) is 126 cm³/mol. The van der Waals surface area contributed by atoms with Crippen LogP contribution in [0.2, 0.25) is 0 Å². The maximum absolute atomic E-state index is 12.9. The van der Waals surface area contributed by atoms with Crippen molar-refractivity contribution in [1.82, 2.24) is 4.90 Å². The predicted octanol–water partition coefficient (Wildman–Crippen LogP) is 3.36. The molecule has 1 amide bonds. The molecule has 2 aliphatic rings. The quantitative estimate of drug-likeness (QED) is 0.441. The Morgan fingerprint density at radius 3 is 2.41 bits per heavy atom. The van der Waals surface area contributed by atoms with Gasteiger partial charge in [-0.2, -0.15) is 0 Å². The zero-order valence-electron chi connectivity index (χ0n) is 17.6. The zero-order chi connectivity index (χ0) is 23.0. The van der Waals surface area contributed by atoms with Crippen LogP contribution >= 0.6 is 24.0 Å². The molecule has 1 aromatic heterocycles. The monoisotopic (exact) mass is 495 g/mol. The Kier molecular flexibility index (Phi) is 6.24. The SMILES string of the molecule is COc1cc(-c2ccc(/C=C3/SC(=S)N(C4CCS(=O)(=O)C4)C3=O)o2)cc(OC)c1OC. The molecule has 8 nitrogen and oxygen atoms in total. The van der Waals surface area contributed by atoms with Gasteiger partial charge in [0.2, 0.25) is 5.75 Å². The molecule has 3 heterocycles. The number of benzene rings is 1. The fourth-order valence-corrected chi connectivity index (χ4v) is 6.79. The second kappa shape index (κ2) is 8.80. The highest BCUT2D eigenvalue weighted by Crippen LogP contribution is 2.42. The van der Waals surface area contributed by atoms with Crippen LogP contribution < -0.4 is 14.2 Å². The molecule has 1 aromatic carbocycles. The summed E-state index contributed by atoms with van der Waals surface area (Å²) in [5, 5.41) is 0. The first-order chi connectivity index (χ1) is 15.3. The molecule has 2 saturated heterocycles. The van der Waals surface area contributed by atoms with Crippen molar-refractivity contribution in [3.63, 3.8) is 0 Å². The molecule has 0 spiro atoms. The van der Waals surface area contributed by atoms with Gasteiger partial charge in [0, 0.05) is 11.6 Å². The second-order valence-electron chi connectivity index (χ2n) is 7.22. The third-order valence-electron chi connectivity index (χ3n) is 5.25. The van der Waals surface area contributed by atoms with E-state index in [4.69, 9.17) is 30.8 Å². The molecule has 0 bridgehead atoms. The van der Waals surface area contributed by atoms with Gasteiger partial charge in [0.25, 0.3) is 5.91 Å². The number of hydrogen-bond acceptors (Lipinski definition) is 9. The van der Waals surface area contributed by atoms with Crippen molar-refractivity contribution in [2.45, 2.75) is 12.5 Å². The molecule has 2 fully saturated rings. The molecular weight excluding hydrogens is 474 g/mol. The molecule has 170 valence electrons. The topological polar surface area (TPSA) is 95.3 Å². The molecule has 4 rings (SSSR count). The van der Waals surface area contributed by atoms with Crippen molar-refractivity contribution < 1.29 is 31.8 Å². The van der Waals surface area contributed by atoms with Crippen molar-refractivity contribution >= 4 is 50.1 Å². The van der Waals surface area contributed by atoms with E-state index in [2.05, 4.69) is 0 Å². The number of carbonyl (C=O) groups excluding carboxylic acids is 1. The normalized spacial score (nSPS) is 21.4. The van der Waals surface area contributed by atoms with Gasteiger partial charge in [-0.05, 0) is 30.7 Å². The summed E-state index contributed by atoms with van der Waals surface area (Å²) >= 11 is 6.49. The van der Waals surface area contributed by atoms with Gasteiger partial charge in [-0.1, -0.05) is 24.0 Å². The molecule has 2 aliphatic heterocycles. The molecule has 0 aliphatic carbocycles. The first kappa shape index (κ1) is 22.7. The summed E-state index contributed by atoms with van der Waals surface area (Å²) < 4.78 is 46.0. The Morgan fingerprint density at radius 1 is 1.16 bits per heavy atom. The first-order valence-electron chi connectivity index (χ1n) is 9.64. The van der Waals surface area contributed by atoms with Gasteiger partial charge in [0.1, 0.15) is 15.8 Å². The molecule has 11 heteroatoms. The number of thioether (sulfide) groups is 1. The van der Waals surface area contributed by atoms with Crippen LogP contribution in [0.5, 0.6) is 17.2 Å². The minimum atomic E-state index is -3.13. The van der Waals surface area contributed by atoms with Crippen LogP contribution in [-0.4, -0.2) is 62.4 Å². The van der Waals surface area contributed by atoms with Crippen molar-refractivity contribution in [1.29, 1.82) is 0 Å². The van der Waals surface area contributed by atoms with Crippen molar-refractivity contribution in [2.75, 3.05) is 32.8 Å². The van der Waals surface area contributed by atoms with Gasteiger partial charge in [-0.25, -0.2) is 8.42 Å². The minimum absolute atomic E-state index is 0.0568. The van der Waals surface area contributed by atoms with E-state index < -0.39 is 15.9 Å². The number of hydrogen-bond donors (Lipinski definition) is 0. The lowest BCUT2D eigenvalue weighted by atomic mass is 10.1. The summed E-state index contributed by atoms with van der Waals surface area (Å²) in [4.78, 5) is 14.7. The van der Waals surface area contributed by atoms with Gasteiger partial charge in [-0.3, -0.25) is 9.69 Å². The van der Waals surface area contributed by atoms with Gasteiger partial charge in [0.15, 0.2) is 21.3 Å². The highest BCUT2D eigenvalue weighted by atomic mass is 32.2. The maximum atomic E-state index is 12.9. The van der Waals surface area contributed by atoms with Crippen LogP contribution in [-0.2, 0) is 14.6 Å². The second-order valence-corrected chi connectivity index (χ2v) is 11.1. The molecule has 0 saturated carbocycles. The summed E-state index contributed by atoms with van der Waals surface area (Å²) in [6.45, 7) is 0. The van der Waals surface area contributed by atoms with Crippen LogP contribution in [0.25, 0.3) is 17.4 Å². The number of carbonyl (C=O) groups is 1. The van der Waals surface area contributed by atoms with Gasteiger partial charge >= 0.3 is 0 Å². The van der Waals surface area contributed by atoms with E-state index in [1.54, 1.807) is 30.3 Å². The van der Waals surface area contributed by atoms with Crippen molar-refractivity contribution in [2.24, 2.45) is 0 Å². The molecule has 2 aromatic rings. The van der Waals surface area contributed by atoms with Crippen LogP contribution in [0.3, 0.4) is 0 Å². The lowest BCUT2D eigenvalue weighted by molar-refractivity contribution is -0.123. The fraction of sp³-hybridized carbons (Fsp3) is 0.333. The lowest BCUT2D eigenvalue weighted by Crippen LogP contribution is -2.39. The van der Waals surface area contributed by atoms with E-state index in [0.717, 1.165) is 11.8 Å². The van der Waals surface area contributed by atoms with E-state index in [1.165, 1.54) is 26.2 Å². The fourth-order valence-electron chi connectivity index (χ4n) is 3.71. The Hall–Kier alpha value is -2.50. The molecule has 1 atom stereocenters. The Labute approximate surface area is 195 Å². The van der Waals surface area contributed by atoms with Gasteiger partial charge < -0.3 is 18.6 Å². The number of nitrogens with zero attached hydrogens (tertiary/aromatic N) is 1. The standard InChI is InChI=1S/C21H21NO7S3/c1-26-16-8-12(9-17(27-2)19(16)28-3)15-5-4-14(29-15)10-18-20(23)22(21(30)31-18)13-6-7-32(24,25)11-13/h4-5,8-10,13H,6-7,11H2,1-3H3/b18-10+. The number of ether oxygens (including phenoxy) is 3. The average molecular weight is 496 g/mol. The van der Waals surface area contributed by atoms with Gasteiger partial charge in [-0.15, -0.1) is 0 Å².